The summed E-state index contributed by atoms with van der Waals surface area (Å²) in [6.07, 6.45) is 0. The number of benzene rings is 2. The van der Waals surface area contributed by atoms with Crippen molar-refractivity contribution < 1.29 is 9.94 Å². The van der Waals surface area contributed by atoms with Gasteiger partial charge in [-0.25, -0.2) is 4.98 Å². The first-order valence-electron chi connectivity index (χ1n) is 7.68. The molecule has 0 bridgehead atoms. The van der Waals surface area contributed by atoms with Crippen molar-refractivity contribution in [2.75, 3.05) is 6.61 Å². The standard InChI is InChI=1S/C19H16N4O2/c1-13(14-7-3-2-4-8-14)23-25-12-18(24)15(11-20)19-21-16-9-5-6-10-17(16)22-19/h2-10,24H,12H2,1H3,(H,21,22)/b18-15-,23-13-. The fourth-order valence-electron chi connectivity index (χ4n) is 2.32. The van der Waals surface area contributed by atoms with Gasteiger partial charge in [0.05, 0.1) is 16.7 Å². The Hall–Kier alpha value is -3.59. The number of rotatable bonds is 5. The molecule has 25 heavy (non-hydrogen) atoms. The summed E-state index contributed by atoms with van der Waals surface area (Å²) < 4.78 is 0. The van der Waals surface area contributed by atoms with Crippen molar-refractivity contribution in [3.63, 3.8) is 0 Å². The molecule has 0 radical (unpaired) electrons. The number of aliphatic hydroxyl groups excluding tert-OH is 1. The first-order chi connectivity index (χ1) is 12.2. The van der Waals surface area contributed by atoms with Crippen LogP contribution in [0.1, 0.15) is 18.3 Å². The summed E-state index contributed by atoms with van der Waals surface area (Å²) in [7, 11) is 0. The third-order valence-electron chi connectivity index (χ3n) is 3.62. The van der Waals surface area contributed by atoms with Crippen molar-refractivity contribution >= 4 is 22.3 Å². The van der Waals surface area contributed by atoms with E-state index in [0.717, 1.165) is 16.6 Å². The van der Waals surface area contributed by atoms with E-state index in [1.165, 1.54) is 0 Å². The van der Waals surface area contributed by atoms with Crippen LogP contribution in [-0.2, 0) is 4.84 Å². The minimum atomic E-state index is -0.230. The third kappa shape index (κ3) is 3.67. The Morgan fingerprint density at radius 2 is 1.92 bits per heavy atom. The Morgan fingerprint density at radius 1 is 1.20 bits per heavy atom. The molecule has 1 heterocycles. The van der Waals surface area contributed by atoms with Crippen LogP contribution in [0.5, 0.6) is 0 Å². The van der Waals surface area contributed by atoms with E-state index in [2.05, 4.69) is 15.1 Å². The molecule has 3 rings (SSSR count). The van der Waals surface area contributed by atoms with Crippen LogP contribution in [0.15, 0.2) is 65.5 Å². The average Bonchev–Trinajstić information content (AvgIpc) is 3.06. The van der Waals surface area contributed by atoms with Crippen LogP contribution in [-0.4, -0.2) is 27.4 Å². The van der Waals surface area contributed by atoms with Gasteiger partial charge in [0.15, 0.2) is 18.2 Å². The van der Waals surface area contributed by atoms with E-state index in [0.29, 0.717) is 11.5 Å². The number of allylic oxidation sites excluding steroid dienone is 1. The number of nitrogens with one attached hydrogen (secondary N) is 1. The van der Waals surface area contributed by atoms with Gasteiger partial charge in [-0.2, -0.15) is 5.26 Å². The first kappa shape index (κ1) is 16.3. The highest BCUT2D eigenvalue weighted by molar-refractivity contribution is 5.98. The number of para-hydroxylation sites is 2. The van der Waals surface area contributed by atoms with Crippen molar-refractivity contribution in [2.24, 2.45) is 5.16 Å². The quantitative estimate of drug-likeness (QED) is 0.321. The number of imidazole rings is 1. The third-order valence-corrected chi connectivity index (χ3v) is 3.62. The van der Waals surface area contributed by atoms with Gasteiger partial charge < -0.3 is 14.9 Å². The zero-order valence-electron chi connectivity index (χ0n) is 13.6. The molecule has 0 saturated heterocycles. The maximum Gasteiger partial charge on any atom is 0.175 e. The summed E-state index contributed by atoms with van der Waals surface area (Å²) in [5.41, 5.74) is 3.14. The molecule has 2 N–H and O–H groups in total. The molecule has 0 spiro atoms. The summed E-state index contributed by atoms with van der Waals surface area (Å²) in [5, 5.41) is 23.5. The summed E-state index contributed by atoms with van der Waals surface area (Å²) in [5.74, 6) is 0.0692. The molecule has 0 aliphatic heterocycles. The lowest BCUT2D eigenvalue weighted by Crippen LogP contribution is -2.01. The monoisotopic (exact) mass is 332 g/mol. The topological polar surface area (TPSA) is 94.3 Å². The molecule has 6 heteroatoms. The number of nitrogens with zero attached hydrogens (tertiary/aromatic N) is 3. The fourth-order valence-corrected chi connectivity index (χ4v) is 2.32. The predicted molar refractivity (Wildman–Crippen MR) is 95.9 cm³/mol. The van der Waals surface area contributed by atoms with E-state index < -0.39 is 0 Å². The van der Waals surface area contributed by atoms with Gasteiger partial charge in [0.25, 0.3) is 0 Å². The van der Waals surface area contributed by atoms with E-state index in [-0.39, 0.29) is 17.9 Å². The summed E-state index contributed by atoms with van der Waals surface area (Å²) in [4.78, 5) is 12.5. The average molecular weight is 332 g/mol. The molecule has 124 valence electrons. The van der Waals surface area contributed by atoms with Crippen LogP contribution in [0.4, 0.5) is 0 Å². The van der Waals surface area contributed by atoms with Crippen LogP contribution < -0.4 is 0 Å². The van der Waals surface area contributed by atoms with E-state index in [9.17, 15) is 10.4 Å². The molecule has 0 fully saturated rings. The highest BCUT2D eigenvalue weighted by atomic mass is 16.6. The van der Waals surface area contributed by atoms with Gasteiger partial charge in [-0.15, -0.1) is 0 Å². The Kier molecular flexibility index (Phi) is 4.77. The number of oxime groups is 1. The second kappa shape index (κ2) is 7.32. The molecule has 3 aromatic rings. The molecule has 0 aliphatic rings. The van der Waals surface area contributed by atoms with Gasteiger partial charge in [0.2, 0.25) is 0 Å². The second-order valence-electron chi connectivity index (χ2n) is 5.35. The van der Waals surface area contributed by atoms with Crippen molar-refractivity contribution in [3.8, 4) is 6.07 Å². The molecular weight excluding hydrogens is 316 g/mol. The minimum Gasteiger partial charge on any atom is -0.507 e. The molecule has 0 saturated carbocycles. The Labute approximate surface area is 144 Å². The lowest BCUT2D eigenvalue weighted by Gasteiger charge is -2.03. The maximum atomic E-state index is 10.2. The van der Waals surface area contributed by atoms with Crippen LogP contribution in [0.25, 0.3) is 16.6 Å². The van der Waals surface area contributed by atoms with Crippen LogP contribution in [0.2, 0.25) is 0 Å². The smallest absolute Gasteiger partial charge is 0.175 e. The molecule has 0 amide bonds. The number of aromatic nitrogens is 2. The highest BCUT2D eigenvalue weighted by Crippen LogP contribution is 2.18. The fraction of sp³-hybridized carbons (Fsp3) is 0.105. The molecule has 0 atom stereocenters. The largest absolute Gasteiger partial charge is 0.507 e. The van der Waals surface area contributed by atoms with Gasteiger partial charge in [-0.1, -0.05) is 47.6 Å². The van der Waals surface area contributed by atoms with Crippen molar-refractivity contribution in [1.82, 2.24) is 9.97 Å². The van der Waals surface area contributed by atoms with Crippen molar-refractivity contribution in [1.29, 1.82) is 5.26 Å². The number of hydrogen-bond donors (Lipinski definition) is 2. The number of hydrogen-bond acceptors (Lipinski definition) is 5. The first-order valence-corrected chi connectivity index (χ1v) is 7.68. The number of aromatic amines is 1. The maximum absolute atomic E-state index is 10.2. The molecule has 0 aliphatic carbocycles. The summed E-state index contributed by atoms with van der Waals surface area (Å²) in [6.45, 7) is 1.59. The van der Waals surface area contributed by atoms with Gasteiger partial charge in [0, 0.05) is 0 Å². The van der Waals surface area contributed by atoms with Crippen LogP contribution in [0.3, 0.4) is 0 Å². The Morgan fingerprint density at radius 3 is 2.64 bits per heavy atom. The number of aliphatic hydroxyl groups is 1. The lowest BCUT2D eigenvalue weighted by atomic mass is 10.1. The molecule has 6 nitrogen and oxygen atoms in total. The van der Waals surface area contributed by atoms with Gasteiger partial charge in [-0.3, -0.25) is 0 Å². The lowest BCUT2D eigenvalue weighted by molar-refractivity contribution is 0.137. The van der Waals surface area contributed by atoms with E-state index in [1.807, 2.05) is 60.7 Å². The Balaban J connectivity index is 1.77. The van der Waals surface area contributed by atoms with Crippen molar-refractivity contribution in [2.45, 2.75) is 6.92 Å². The predicted octanol–water partition coefficient (Wildman–Crippen LogP) is 3.80. The number of fused-ring (bicyclic) bond motifs is 1. The zero-order chi connectivity index (χ0) is 17.6. The second-order valence-corrected chi connectivity index (χ2v) is 5.35. The van der Waals surface area contributed by atoms with Crippen LogP contribution in [0, 0.1) is 11.3 Å². The van der Waals surface area contributed by atoms with Gasteiger partial charge >= 0.3 is 0 Å². The van der Waals surface area contributed by atoms with Crippen LogP contribution >= 0.6 is 0 Å². The van der Waals surface area contributed by atoms with E-state index in [1.54, 1.807) is 6.92 Å². The summed E-state index contributed by atoms with van der Waals surface area (Å²) >= 11 is 0. The molecule has 0 unspecified atom stereocenters. The van der Waals surface area contributed by atoms with Crippen molar-refractivity contribution in [3.05, 3.63) is 71.7 Å². The molecular formula is C19H16N4O2. The highest BCUT2D eigenvalue weighted by Gasteiger charge is 2.13. The minimum absolute atomic E-state index is 0.0313. The number of nitriles is 1. The molecule has 1 aromatic heterocycles. The zero-order valence-corrected chi connectivity index (χ0v) is 13.6. The van der Waals surface area contributed by atoms with E-state index in [4.69, 9.17) is 4.84 Å². The Bertz CT molecular complexity index is 948. The SMILES string of the molecule is C/C(=N/OC/C(O)=C(\C#N)c1nc2ccccc2[nH]1)c1ccccc1. The summed E-state index contributed by atoms with van der Waals surface area (Å²) in [6, 6.07) is 18.9. The molecule has 2 aromatic carbocycles. The normalized spacial score (nSPS) is 12.6. The van der Waals surface area contributed by atoms with Gasteiger partial charge in [-0.05, 0) is 24.6 Å². The van der Waals surface area contributed by atoms with E-state index >= 15 is 0 Å². The number of H-pyrrole nitrogens is 1. The van der Waals surface area contributed by atoms with Gasteiger partial charge in [0.1, 0.15) is 11.6 Å².